The molecule has 20 heavy (non-hydrogen) atoms. The molecular formula is C15H15NO4. The van der Waals surface area contributed by atoms with Crippen LogP contribution in [0.3, 0.4) is 0 Å². The van der Waals surface area contributed by atoms with Crippen molar-refractivity contribution in [3.05, 3.63) is 41.5 Å². The number of nitrogens with one attached hydrogen (secondary N) is 1. The summed E-state index contributed by atoms with van der Waals surface area (Å²) in [4.78, 5) is 23.3. The molecule has 0 fully saturated rings. The van der Waals surface area contributed by atoms with E-state index in [1.54, 1.807) is 12.1 Å². The SMILES string of the molecule is COC(=O)c1cccc2c1N[C@H](C(=O)O)[C@@H]1CC=C[C@@H]21. The predicted molar refractivity (Wildman–Crippen MR) is 72.8 cm³/mol. The molecular weight excluding hydrogens is 258 g/mol. The van der Waals surface area contributed by atoms with Crippen molar-refractivity contribution in [2.75, 3.05) is 12.4 Å². The van der Waals surface area contributed by atoms with Gasteiger partial charge in [0.1, 0.15) is 6.04 Å². The van der Waals surface area contributed by atoms with Crippen LogP contribution >= 0.6 is 0 Å². The summed E-state index contributed by atoms with van der Waals surface area (Å²) in [7, 11) is 1.32. The van der Waals surface area contributed by atoms with Gasteiger partial charge in [0, 0.05) is 11.8 Å². The zero-order chi connectivity index (χ0) is 14.3. The molecule has 0 saturated carbocycles. The van der Waals surface area contributed by atoms with Crippen LogP contribution in [0.4, 0.5) is 5.69 Å². The Labute approximate surface area is 116 Å². The van der Waals surface area contributed by atoms with Crippen LogP contribution in [-0.4, -0.2) is 30.2 Å². The van der Waals surface area contributed by atoms with Crippen molar-refractivity contribution < 1.29 is 19.4 Å². The lowest BCUT2D eigenvalue weighted by Crippen LogP contribution is -2.42. The van der Waals surface area contributed by atoms with Gasteiger partial charge in [0.25, 0.3) is 0 Å². The number of hydrogen-bond donors (Lipinski definition) is 2. The Kier molecular flexibility index (Phi) is 2.97. The molecule has 1 aromatic rings. The number of ether oxygens (including phenoxy) is 1. The lowest BCUT2D eigenvalue weighted by atomic mass is 9.78. The van der Waals surface area contributed by atoms with Gasteiger partial charge in [-0.05, 0) is 18.1 Å². The van der Waals surface area contributed by atoms with Crippen LogP contribution in [0.5, 0.6) is 0 Å². The molecule has 2 N–H and O–H groups in total. The topological polar surface area (TPSA) is 75.6 Å². The first-order valence-electron chi connectivity index (χ1n) is 6.50. The minimum Gasteiger partial charge on any atom is -0.480 e. The lowest BCUT2D eigenvalue weighted by molar-refractivity contribution is -0.139. The van der Waals surface area contributed by atoms with Gasteiger partial charge in [-0.3, -0.25) is 0 Å². The van der Waals surface area contributed by atoms with Gasteiger partial charge in [0.05, 0.1) is 18.4 Å². The van der Waals surface area contributed by atoms with Crippen LogP contribution in [0.15, 0.2) is 30.4 Å². The third kappa shape index (κ3) is 1.78. The number of anilines is 1. The highest BCUT2D eigenvalue weighted by Crippen LogP contribution is 2.45. The number of hydrogen-bond acceptors (Lipinski definition) is 4. The highest BCUT2D eigenvalue weighted by atomic mass is 16.5. The Morgan fingerprint density at radius 1 is 1.40 bits per heavy atom. The Balaban J connectivity index is 2.12. The van der Waals surface area contributed by atoms with Crippen molar-refractivity contribution in [2.45, 2.75) is 18.4 Å². The van der Waals surface area contributed by atoms with E-state index >= 15 is 0 Å². The molecule has 1 aliphatic carbocycles. The molecule has 2 aliphatic rings. The fraction of sp³-hybridized carbons (Fsp3) is 0.333. The minimum atomic E-state index is -0.894. The molecule has 5 nitrogen and oxygen atoms in total. The summed E-state index contributed by atoms with van der Waals surface area (Å²) in [5.41, 5.74) is 1.93. The monoisotopic (exact) mass is 273 g/mol. The molecule has 0 aromatic heterocycles. The van der Waals surface area contributed by atoms with Gasteiger partial charge >= 0.3 is 11.9 Å². The Bertz CT molecular complexity index is 608. The Hall–Kier alpha value is -2.30. The number of carbonyl (C=O) groups excluding carboxylic acids is 1. The molecule has 0 bridgehead atoms. The molecule has 0 spiro atoms. The van der Waals surface area contributed by atoms with Crippen molar-refractivity contribution in [3.63, 3.8) is 0 Å². The standard InChI is InChI=1S/C15H15NO4/c1-20-15(19)11-7-3-5-9-8-4-2-6-10(8)13(14(17)18)16-12(9)11/h2-5,7-8,10,13,16H,6H2,1H3,(H,17,18)/t8-,10+,13-/m0/s1. The van der Waals surface area contributed by atoms with E-state index < -0.39 is 18.0 Å². The number of carboxylic acid groups (broad SMARTS) is 1. The van der Waals surface area contributed by atoms with Crippen molar-refractivity contribution in [1.82, 2.24) is 0 Å². The Morgan fingerprint density at radius 3 is 2.90 bits per heavy atom. The zero-order valence-electron chi connectivity index (χ0n) is 11.0. The molecule has 3 atom stereocenters. The zero-order valence-corrected chi connectivity index (χ0v) is 11.0. The first-order chi connectivity index (χ1) is 9.63. The minimum absolute atomic E-state index is 0.00658. The molecule has 5 heteroatoms. The Morgan fingerprint density at radius 2 is 2.20 bits per heavy atom. The summed E-state index contributed by atoms with van der Waals surface area (Å²) in [6.45, 7) is 0. The van der Waals surface area contributed by atoms with E-state index in [4.69, 9.17) is 4.74 Å². The third-order valence-electron chi connectivity index (χ3n) is 4.07. The van der Waals surface area contributed by atoms with Gasteiger partial charge in [-0.2, -0.15) is 0 Å². The molecule has 1 aliphatic heterocycles. The molecule has 0 amide bonds. The second-order valence-electron chi connectivity index (χ2n) is 5.08. The van der Waals surface area contributed by atoms with Crippen LogP contribution in [-0.2, 0) is 9.53 Å². The van der Waals surface area contributed by atoms with Gasteiger partial charge in [-0.25, -0.2) is 9.59 Å². The van der Waals surface area contributed by atoms with Gasteiger partial charge in [-0.1, -0.05) is 24.3 Å². The van der Waals surface area contributed by atoms with E-state index in [1.165, 1.54) is 7.11 Å². The number of rotatable bonds is 2. The van der Waals surface area contributed by atoms with Crippen LogP contribution in [0.25, 0.3) is 0 Å². The van der Waals surface area contributed by atoms with E-state index in [2.05, 4.69) is 5.32 Å². The number of fused-ring (bicyclic) bond motifs is 3. The fourth-order valence-electron chi connectivity index (χ4n) is 3.15. The molecule has 0 unspecified atom stereocenters. The average Bonchev–Trinajstić information content (AvgIpc) is 2.94. The number of esters is 1. The smallest absolute Gasteiger partial charge is 0.339 e. The van der Waals surface area contributed by atoms with Crippen LogP contribution in [0.1, 0.15) is 28.3 Å². The van der Waals surface area contributed by atoms with Gasteiger partial charge < -0.3 is 15.2 Å². The van der Waals surface area contributed by atoms with Crippen molar-refractivity contribution in [2.24, 2.45) is 5.92 Å². The van der Waals surface area contributed by atoms with Crippen molar-refractivity contribution in [3.8, 4) is 0 Å². The summed E-state index contributed by atoms with van der Waals surface area (Å²) in [5.74, 6) is -1.32. The van der Waals surface area contributed by atoms with Crippen molar-refractivity contribution in [1.29, 1.82) is 0 Å². The highest BCUT2D eigenvalue weighted by molar-refractivity contribution is 5.98. The molecule has 1 heterocycles. The number of carbonyl (C=O) groups is 2. The molecule has 0 saturated heterocycles. The van der Waals surface area contributed by atoms with Crippen LogP contribution in [0.2, 0.25) is 0 Å². The van der Waals surface area contributed by atoms with Crippen molar-refractivity contribution >= 4 is 17.6 Å². The first-order valence-corrected chi connectivity index (χ1v) is 6.50. The number of carboxylic acids is 1. The van der Waals surface area contributed by atoms with E-state index in [-0.39, 0.29) is 11.8 Å². The summed E-state index contributed by atoms with van der Waals surface area (Å²) in [5, 5.41) is 12.4. The summed E-state index contributed by atoms with van der Waals surface area (Å²) in [6, 6.07) is 4.70. The predicted octanol–water partition coefficient (Wildman–Crippen LogP) is 2.01. The van der Waals surface area contributed by atoms with E-state index in [1.807, 2.05) is 18.2 Å². The fourth-order valence-corrected chi connectivity index (χ4v) is 3.15. The third-order valence-corrected chi connectivity index (χ3v) is 4.07. The first kappa shape index (κ1) is 12.7. The van der Waals surface area contributed by atoms with Crippen LogP contribution < -0.4 is 5.32 Å². The summed E-state index contributed by atoms with van der Waals surface area (Å²) < 4.78 is 4.77. The molecule has 1 aromatic carbocycles. The van der Waals surface area contributed by atoms with Crippen LogP contribution in [0, 0.1) is 5.92 Å². The maximum absolute atomic E-state index is 11.8. The normalized spacial score (nSPS) is 26.4. The number of aliphatic carboxylic acids is 1. The van der Waals surface area contributed by atoms with Gasteiger partial charge in [-0.15, -0.1) is 0 Å². The van der Waals surface area contributed by atoms with Gasteiger partial charge in [0.15, 0.2) is 0 Å². The second kappa shape index (κ2) is 4.67. The summed E-state index contributed by atoms with van der Waals surface area (Å²) in [6.07, 6.45) is 4.77. The number of benzene rings is 1. The quantitative estimate of drug-likeness (QED) is 0.637. The maximum atomic E-state index is 11.8. The van der Waals surface area contributed by atoms with Gasteiger partial charge in [0.2, 0.25) is 0 Å². The molecule has 104 valence electrons. The summed E-state index contributed by atoms with van der Waals surface area (Å²) >= 11 is 0. The van der Waals surface area contributed by atoms with E-state index in [0.717, 1.165) is 12.0 Å². The second-order valence-corrected chi connectivity index (χ2v) is 5.08. The highest BCUT2D eigenvalue weighted by Gasteiger charge is 2.41. The number of allylic oxidation sites excluding steroid dienone is 2. The van der Waals surface area contributed by atoms with E-state index in [9.17, 15) is 14.7 Å². The number of methoxy groups -OCH3 is 1. The maximum Gasteiger partial charge on any atom is 0.339 e. The lowest BCUT2D eigenvalue weighted by Gasteiger charge is -2.35. The molecule has 3 rings (SSSR count). The van der Waals surface area contributed by atoms with E-state index in [0.29, 0.717) is 11.3 Å². The largest absolute Gasteiger partial charge is 0.480 e. The average molecular weight is 273 g/mol. The number of para-hydroxylation sites is 1. The molecule has 0 radical (unpaired) electrons.